The summed E-state index contributed by atoms with van der Waals surface area (Å²) in [6, 6.07) is 0. The molecule has 0 aromatic heterocycles. The third-order valence-corrected chi connectivity index (χ3v) is 4.88. The quantitative estimate of drug-likeness (QED) is 0.743. The first kappa shape index (κ1) is 12.4. The summed E-state index contributed by atoms with van der Waals surface area (Å²) in [7, 11) is 0. The van der Waals surface area contributed by atoms with E-state index in [9.17, 15) is 0 Å². The van der Waals surface area contributed by atoms with Gasteiger partial charge in [0.05, 0.1) is 0 Å². The summed E-state index contributed by atoms with van der Waals surface area (Å²) in [5.41, 5.74) is 0. The molecule has 0 atom stereocenters. The van der Waals surface area contributed by atoms with Gasteiger partial charge >= 0.3 is 0 Å². The molecule has 94 valence electrons. The second-order valence-electron chi connectivity index (χ2n) is 6.10. The van der Waals surface area contributed by atoms with Crippen LogP contribution in [0, 0.1) is 17.8 Å². The third kappa shape index (κ3) is 3.76. The van der Waals surface area contributed by atoms with E-state index in [2.05, 4.69) is 12.2 Å². The highest BCUT2D eigenvalue weighted by molar-refractivity contribution is 4.75. The molecule has 0 heterocycles. The predicted molar refractivity (Wildman–Crippen MR) is 70.6 cm³/mol. The molecule has 0 radical (unpaired) electrons. The van der Waals surface area contributed by atoms with E-state index in [1.807, 2.05) is 0 Å². The zero-order valence-corrected chi connectivity index (χ0v) is 11.0. The van der Waals surface area contributed by atoms with Crippen LogP contribution in [-0.2, 0) is 0 Å². The SMILES string of the molecule is CCC1CCC(CNCC2CCCC2)CC1. The van der Waals surface area contributed by atoms with Gasteiger partial charge in [0.15, 0.2) is 0 Å². The van der Waals surface area contributed by atoms with E-state index in [1.54, 1.807) is 0 Å². The lowest BCUT2D eigenvalue weighted by molar-refractivity contribution is 0.259. The molecule has 16 heavy (non-hydrogen) atoms. The van der Waals surface area contributed by atoms with E-state index in [0.717, 1.165) is 17.8 Å². The molecular formula is C15H29N. The lowest BCUT2D eigenvalue weighted by Crippen LogP contribution is -2.29. The van der Waals surface area contributed by atoms with Gasteiger partial charge in [0.2, 0.25) is 0 Å². The zero-order valence-electron chi connectivity index (χ0n) is 11.0. The molecule has 0 spiro atoms. The first-order valence-electron chi connectivity index (χ1n) is 7.59. The Labute approximate surface area is 101 Å². The summed E-state index contributed by atoms with van der Waals surface area (Å²) >= 11 is 0. The van der Waals surface area contributed by atoms with Crippen molar-refractivity contribution in [2.45, 2.75) is 64.7 Å². The Morgan fingerprint density at radius 3 is 1.81 bits per heavy atom. The van der Waals surface area contributed by atoms with E-state index in [0.29, 0.717) is 0 Å². The molecule has 1 heteroatoms. The molecule has 0 amide bonds. The van der Waals surface area contributed by atoms with Crippen LogP contribution in [-0.4, -0.2) is 13.1 Å². The molecule has 2 rings (SSSR count). The fraction of sp³-hybridized carbons (Fsp3) is 1.00. The maximum atomic E-state index is 3.73. The highest BCUT2D eigenvalue weighted by atomic mass is 14.9. The van der Waals surface area contributed by atoms with Gasteiger partial charge in [0, 0.05) is 0 Å². The topological polar surface area (TPSA) is 12.0 Å². The summed E-state index contributed by atoms with van der Waals surface area (Å²) in [6.45, 7) is 4.95. The molecule has 0 aromatic rings. The Morgan fingerprint density at radius 1 is 0.750 bits per heavy atom. The lowest BCUT2D eigenvalue weighted by Gasteiger charge is -2.28. The Balaban J connectivity index is 1.53. The van der Waals surface area contributed by atoms with Crippen LogP contribution in [0.1, 0.15) is 64.7 Å². The Hall–Kier alpha value is -0.0400. The minimum atomic E-state index is 0.990. The van der Waals surface area contributed by atoms with E-state index >= 15 is 0 Å². The van der Waals surface area contributed by atoms with E-state index in [-0.39, 0.29) is 0 Å². The van der Waals surface area contributed by atoms with Crippen molar-refractivity contribution in [2.24, 2.45) is 17.8 Å². The highest BCUT2D eigenvalue weighted by Gasteiger charge is 2.20. The van der Waals surface area contributed by atoms with E-state index in [4.69, 9.17) is 0 Å². The van der Waals surface area contributed by atoms with E-state index < -0.39 is 0 Å². The molecule has 0 aromatic carbocycles. The van der Waals surface area contributed by atoms with Crippen molar-refractivity contribution in [1.82, 2.24) is 5.32 Å². The van der Waals surface area contributed by atoms with Crippen LogP contribution in [0.2, 0.25) is 0 Å². The molecule has 2 fully saturated rings. The van der Waals surface area contributed by atoms with Gasteiger partial charge in [0.1, 0.15) is 0 Å². The molecule has 0 unspecified atom stereocenters. The summed E-state index contributed by atoms with van der Waals surface area (Å²) in [4.78, 5) is 0. The number of rotatable bonds is 5. The highest BCUT2D eigenvalue weighted by Crippen LogP contribution is 2.30. The zero-order chi connectivity index (χ0) is 11.2. The monoisotopic (exact) mass is 223 g/mol. The molecule has 1 N–H and O–H groups in total. The van der Waals surface area contributed by atoms with Crippen LogP contribution in [0.3, 0.4) is 0 Å². The van der Waals surface area contributed by atoms with Gasteiger partial charge in [-0.1, -0.05) is 39.0 Å². The normalized spacial score (nSPS) is 32.1. The fourth-order valence-electron chi connectivity index (χ4n) is 3.55. The minimum absolute atomic E-state index is 0.990. The van der Waals surface area contributed by atoms with Crippen molar-refractivity contribution in [1.29, 1.82) is 0 Å². The van der Waals surface area contributed by atoms with Gasteiger partial charge in [-0.25, -0.2) is 0 Å². The Morgan fingerprint density at radius 2 is 1.25 bits per heavy atom. The van der Waals surface area contributed by atoms with Crippen molar-refractivity contribution in [2.75, 3.05) is 13.1 Å². The van der Waals surface area contributed by atoms with Crippen LogP contribution >= 0.6 is 0 Å². The molecule has 0 aliphatic heterocycles. The summed E-state index contributed by atoms with van der Waals surface area (Å²) < 4.78 is 0. The predicted octanol–water partition coefficient (Wildman–Crippen LogP) is 3.98. The van der Waals surface area contributed by atoms with Gasteiger partial charge in [-0.3, -0.25) is 0 Å². The molecule has 2 aliphatic carbocycles. The first-order chi connectivity index (χ1) is 7.88. The maximum absolute atomic E-state index is 3.73. The second kappa shape index (κ2) is 6.64. The summed E-state index contributed by atoms with van der Waals surface area (Å²) in [5.74, 6) is 3.04. The van der Waals surface area contributed by atoms with Crippen LogP contribution in [0.15, 0.2) is 0 Å². The lowest BCUT2D eigenvalue weighted by atomic mass is 9.81. The van der Waals surface area contributed by atoms with Gasteiger partial charge in [-0.15, -0.1) is 0 Å². The molecule has 2 saturated carbocycles. The average molecular weight is 223 g/mol. The van der Waals surface area contributed by atoms with Crippen LogP contribution < -0.4 is 5.32 Å². The van der Waals surface area contributed by atoms with Crippen molar-refractivity contribution in [3.05, 3.63) is 0 Å². The summed E-state index contributed by atoms with van der Waals surface area (Å²) in [6.07, 6.45) is 13.3. The minimum Gasteiger partial charge on any atom is -0.316 e. The Kier molecular flexibility index (Phi) is 5.15. The van der Waals surface area contributed by atoms with E-state index in [1.165, 1.54) is 70.9 Å². The van der Waals surface area contributed by atoms with Crippen LogP contribution in [0.5, 0.6) is 0 Å². The molecular weight excluding hydrogens is 194 g/mol. The van der Waals surface area contributed by atoms with Crippen molar-refractivity contribution in [3.63, 3.8) is 0 Å². The number of hydrogen-bond acceptors (Lipinski definition) is 1. The number of nitrogens with one attached hydrogen (secondary N) is 1. The van der Waals surface area contributed by atoms with Crippen molar-refractivity contribution < 1.29 is 0 Å². The van der Waals surface area contributed by atoms with Gasteiger partial charge in [-0.2, -0.15) is 0 Å². The summed E-state index contributed by atoms with van der Waals surface area (Å²) in [5, 5.41) is 3.73. The second-order valence-corrected chi connectivity index (χ2v) is 6.10. The largest absolute Gasteiger partial charge is 0.316 e. The first-order valence-corrected chi connectivity index (χ1v) is 7.59. The molecule has 2 aliphatic rings. The molecule has 0 saturated heterocycles. The van der Waals surface area contributed by atoms with Gasteiger partial charge in [0.25, 0.3) is 0 Å². The average Bonchev–Trinajstić information content (AvgIpc) is 2.83. The maximum Gasteiger partial charge on any atom is -0.00204 e. The van der Waals surface area contributed by atoms with Crippen molar-refractivity contribution >= 4 is 0 Å². The molecule has 1 nitrogen and oxygen atoms in total. The fourth-order valence-corrected chi connectivity index (χ4v) is 3.55. The van der Waals surface area contributed by atoms with Crippen molar-refractivity contribution in [3.8, 4) is 0 Å². The van der Waals surface area contributed by atoms with Gasteiger partial charge in [-0.05, 0) is 56.5 Å². The smallest absolute Gasteiger partial charge is 0.00204 e. The third-order valence-electron chi connectivity index (χ3n) is 4.88. The standard InChI is InChI=1S/C15H29N/c1-2-13-7-9-15(10-8-13)12-16-11-14-5-3-4-6-14/h13-16H,2-12H2,1H3. The van der Waals surface area contributed by atoms with Crippen LogP contribution in [0.25, 0.3) is 0 Å². The van der Waals surface area contributed by atoms with Gasteiger partial charge < -0.3 is 5.32 Å². The Bertz CT molecular complexity index is 176. The number of hydrogen-bond donors (Lipinski definition) is 1. The molecule has 0 bridgehead atoms. The van der Waals surface area contributed by atoms with Crippen LogP contribution in [0.4, 0.5) is 0 Å².